The Morgan fingerprint density at radius 2 is 2.07 bits per heavy atom. The molecule has 0 saturated carbocycles. The van der Waals surface area contributed by atoms with E-state index in [1.54, 1.807) is 19.1 Å². The lowest BCUT2D eigenvalue weighted by Gasteiger charge is -2.31. The molecule has 0 bridgehead atoms. The van der Waals surface area contributed by atoms with Crippen molar-refractivity contribution in [3.8, 4) is 5.75 Å². The van der Waals surface area contributed by atoms with Crippen LogP contribution in [0.3, 0.4) is 0 Å². The number of aromatic nitrogens is 1. The van der Waals surface area contributed by atoms with Crippen molar-refractivity contribution in [2.45, 2.75) is 26.1 Å². The number of halogens is 3. The molecule has 9 heteroatoms. The van der Waals surface area contributed by atoms with Gasteiger partial charge < -0.3 is 15.0 Å². The summed E-state index contributed by atoms with van der Waals surface area (Å²) >= 11 is 0. The molecule has 27 heavy (non-hydrogen) atoms. The zero-order chi connectivity index (χ0) is 19.6. The van der Waals surface area contributed by atoms with Gasteiger partial charge in [0, 0.05) is 12.5 Å². The predicted octanol–water partition coefficient (Wildman–Crippen LogP) is 4.05. The van der Waals surface area contributed by atoms with E-state index in [0.717, 1.165) is 4.90 Å². The molecule has 0 saturated heterocycles. The number of nitrogens with zero attached hydrogens (tertiary/aromatic N) is 3. The number of amidine groups is 1. The average molecular weight is 378 g/mol. The molecular formula is C18H17F3N4O2. The number of ether oxygens (including phenoxy) is 1. The summed E-state index contributed by atoms with van der Waals surface area (Å²) in [5.74, 6) is -0.549. The van der Waals surface area contributed by atoms with Gasteiger partial charge in [0.1, 0.15) is 11.6 Å². The molecule has 0 fully saturated rings. The van der Waals surface area contributed by atoms with E-state index in [4.69, 9.17) is 4.74 Å². The summed E-state index contributed by atoms with van der Waals surface area (Å²) in [6.07, 6.45) is -3.09. The number of hydrogen-bond acceptors (Lipinski definition) is 5. The van der Waals surface area contributed by atoms with Crippen LogP contribution >= 0.6 is 0 Å². The van der Waals surface area contributed by atoms with Gasteiger partial charge in [0.05, 0.1) is 31.2 Å². The Balaban J connectivity index is 1.96. The fourth-order valence-corrected chi connectivity index (χ4v) is 2.61. The average Bonchev–Trinajstić information content (AvgIpc) is 2.66. The van der Waals surface area contributed by atoms with Gasteiger partial charge in [0.15, 0.2) is 0 Å². The van der Waals surface area contributed by atoms with Crippen LogP contribution in [0.2, 0.25) is 0 Å². The van der Waals surface area contributed by atoms with Crippen LogP contribution in [0.25, 0.3) is 0 Å². The molecule has 0 aliphatic carbocycles. The number of benzene rings is 1. The minimum atomic E-state index is -4.64. The molecule has 1 aromatic carbocycles. The highest BCUT2D eigenvalue weighted by Gasteiger charge is 2.42. The Hall–Kier alpha value is -3.10. The molecule has 2 heterocycles. The fourth-order valence-electron chi connectivity index (χ4n) is 2.61. The van der Waals surface area contributed by atoms with E-state index < -0.39 is 12.0 Å². The highest BCUT2D eigenvalue weighted by atomic mass is 19.4. The van der Waals surface area contributed by atoms with Crippen LogP contribution in [0.4, 0.5) is 30.4 Å². The zero-order valence-corrected chi connectivity index (χ0v) is 14.7. The molecule has 1 N–H and O–H groups in total. The van der Waals surface area contributed by atoms with Crippen molar-refractivity contribution in [2.75, 3.05) is 17.3 Å². The number of nitrogens with one attached hydrogen (secondary N) is 1. The first-order valence-electron chi connectivity index (χ1n) is 8.18. The van der Waals surface area contributed by atoms with E-state index in [2.05, 4.69) is 15.3 Å². The van der Waals surface area contributed by atoms with E-state index in [0.29, 0.717) is 11.3 Å². The highest BCUT2D eigenvalue weighted by Crippen LogP contribution is 2.36. The van der Waals surface area contributed by atoms with Crippen LogP contribution < -0.4 is 15.0 Å². The third-order valence-corrected chi connectivity index (χ3v) is 4.00. The fraction of sp³-hybridized carbons (Fsp3) is 0.278. The lowest BCUT2D eigenvalue weighted by atomic mass is 10.1. The molecule has 2 aromatic rings. The van der Waals surface area contributed by atoms with Crippen molar-refractivity contribution >= 4 is 28.9 Å². The van der Waals surface area contributed by atoms with Gasteiger partial charge in [-0.05, 0) is 23.8 Å². The van der Waals surface area contributed by atoms with Gasteiger partial charge in [-0.15, -0.1) is 0 Å². The summed E-state index contributed by atoms with van der Waals surface area (Å²) in [5, 5.41) is 2.56. The van der Waals surface area contributed by atoms with Crippen LogP contribution in [0.15, 0.2) is 41.5 Å². The summed E-state index contributed by atoms with van der Waals surface area (Å²) < 4.78 is 45.8. The highest BCUT2D eigenvalue weighted by molar-refractivity contribution is 6.04. The summed E-state index contributed by atoms with van der Waals surface area (Å²) in [6.45, 7) is 1.68. The molecular weight excluding hydrogens is 361 g/mol. The largest absolute Gasteiger partial charge is 0.497 e. The van der Waals surface area contributed by atoms with Crippen LogP contribution in [0.1, 0.15) is 18.9 Å². The molecule has 0 spiro atoms. The second-order valence-electron chi connectivity index (χ2n) is 5.82. The minimum absolute atomic E-state index is 0.0139. The molecule has 6 nitrogen and oxygen atoms in total. The van der Waals surface area contributed by atoms with Gasteiger partial charge in [-0.3, -0.25) is 4.79 Å². The second kappa shape index (κ2) is 7.26. The van der Waals surface area contributed by atoms with Crippen LogP contribution in [0, 0.1) is 0 Å². The van der Waals surface area contributed by atoms with Gasteiger partial charge in [0.2, 0.25) is 11.7 Å². The SMILES string of the molecule is CCC(=O)Nc1ccc(N2Cc3ccc(OC)cc3N=C2C(F)(F)F)cn1. The standard InChI is InChI=1S/C18H17F3N4O2/c1-3-16(26)24-15-7-5-12(9-22-15)25-10-11-4-6-13(27-2)8-14(11)23-17(25)18(19,20)21/h4-9H,3,10H2,1-2H3,(H,22,24,26). The summed E-state index contributed by atoms with van der Waals surface area (Å²) in [4.78, 5) is 20.3. The number of amides is 1. The smallest absolute Gasteiger partial charge is 0.449 e. The number of methoxy groups -OCH3 is 1. The van der Waals surface area contributed by atoms with Crippen molar-refractivity contribution < 1.29 is 22.7 Å². The van der Waals surface area contributed by atoms with E-state index in [-0.39, 0.29) is 36.1 Å². The molecule has 0 unspecified atom stereocenters. The Bertz CT molecular complexity index is 879. The Kier molecular flexibility index (Phi) is 5.02. The van der Waals surface area contributed by atoms with Crippen molar-refractivity contribution in [1.29, 1.82) is 0 Å². The third-order valence-electron chi connectivity index (χ3n) is 4.00. The second-order valence-corrected chi connectivity index (χ2v) is 5.82. The zero-order valence-electron chi connectivity index (χ0n) is 14.7. The van der Waals surface area contributed by atoms with Gasteiger partial charge in [-0.25, -0.2) is 9.98 Å². The Morgan fingerprint density at radius 3 is 2.67 bits per heavy atom. The van der Waals surface area contributed by atoms with Crippen molar-refractivity contribution in [1.82, 2.24) is 4.98 Å². The molecule has 1 amide bonds. The third kappa shape index (κ3) is 4.02. The van der Waals surface area contributed by atoms with Gasteiger partial charge >= 0.3 is 6.18 Å². The summed E-state index contributed by atoms with van der Waals surface area (Å²) in [7, 11) is 1.44. The van der Waals surface area contributed by atoms with Crippen molar-refractivity contribution in [3.63, 3.8) is 0 Å². The van der Waals surface area contributed by atoms with Crippen molar-refractivity contribution in [2.24, 2.45) is 4.99 Å². The number of carbonyl (C=O) groups excluding carboxylic acids is 1. The molecule has 3 rings (SSSR count). The molecule has 0 atom stereocenters. The maximum atomic E-state index is 13.6. The first-order chi connectivity index (χ1) is 12.8. The number of rotatable bonds is 4. The Labute approximate surface area is 153 Å². The molecule has 1 aliphatic heterocycles. The first kappa shape index (κ1) is 18.7. The van der Waals surface area contributed by atoms with Gasteiger partial charge in [-0.1, -0.05) is 13.0 Å². The summed E-state index contributed by atoms with van der Waals surface area (Å²) in [6, 6.07) is 7.75. The normalized spacial score (nSPS) is 13.7. The monoisotopic (exact) mass is 378 g/mol. The number of pyridine rings is 1. The number of fused-ring (bicyclic) bond motifs is 1. The summed E-state index contributed by atoms with van der Waals surface area (Å²) in [5.41, 5.74) is 1.08. The first-order valence-corrected chi connectivity index (χ1v) is 8.18. The lowest BCUT2D eigenvalue weighted by molar-refractivity contribution is -0.115. The van der Waals surface area contributed by atoms with Gasteiger partial charge in [-0.2, -0.15) is 13.2 Å². The van der Waals surface area contributed by atoms with E-state index >= 15 is 0 Å². The van der Waals surface area contributed by atoms with Crippen LogP contribution in [0.5, 0.6) is 5.75 Å². The van der Waals surface area contributed by atoms with Crippen molar-refractivity contribution in [3.05, 3.63) is 42.1 Å². The minimum Gasteiger partial charge on any atom is -0.497 e. The number of carbonyl (C=O) groups is 1. The molecule has 0 radical (unpaired) electrons. The lowest BCUT2D eigenvalue weighted by Crippen LogP contribution is -2.42. The molecule has 1 aromatic heterocycles. The predicted molar refractivity (Wildman–Crippen MR) is 95.5 cm³/mol. The molecule has 1 aliphatic rings. The van der Waals surface area contributed by atoms with E-state index in [9.17, 15) is 18.0 Å². The number of anilines is 2. The quantitative estimate of drug-likeness (QED) is 0.872. The van der Waals surface area contributed by atoms with Gasteiger partial charge in [0.25, 0.3) is 0 Å². The molecule has 142 valence electrons. The number of hydrogen-bond donors (Lipinski definition) is 1. The van der Waals surface area contributed by atoms with Crippen LogP contribution in [-0.4, -0.2) is 30.0 Å². The number of aliphatic imine (C=N–C) groups is 1. The maximum absolute atomic E-state index is 13.6. The van der Waals surface area contributed by atoms with E-state index in [1.807, 2.05) is 0 Å². The number of alkyl halides is 3. The Morgan fingerprint density at radius 1 is 1.30 bits per heavy atom. The topological polar surface area (TPSA) is 66.8 Å². The van der Waals surface area contributed by atoms with Crippen LogP contribution in [-0.2, 0) is 11.3 Å². The maximum Gasteiger partial charge on any atom is 0.449 e. The van der Waals surface area contributed by atoms with E-state index in [1.165, 1.54) is 31.5 Å².